The molecule has 1 unspecified atom stereocenters. The Morgan fingerprint density at radius 3 is 2.26 bits per heavy atom. The number of Topliss-reactive ketones (excluding diaryl/α,β-unsaturated/α-hetero) is 1. The molecule has 0 heterocycles. The van der Waals surface area contributed by atoms with Crippen molar-refractivity contribution in [1.29, 1.82) is 0 Å². The van der Waals surface area contributed by atoms with Gasteiger partial charge in [-0.05, 0) is 61.7 Å². The lowest BCUT2D eigenvalue weighted by molar-refractivity contribution is -0.148. The molecule has 0 saturated carbocycles. The summed E-state index contributed by atoms with van der Waals surface area (Å²) in [5.74, 6) is 0.297. The number of hydrogen-bond donors (Lipinski definition) is 1. The van der Waals surface area contributed by atoms with E-state index in [9.17, 15) is 14.4 Å². The zero-order chi connectivity index (χ0) is 24.5. The van der Waals surface area contributed by atoms with Crippen LogP contribution in [0.4, 0.5) is 5.69 Å². The van der Waals surface area contributed by atoms with Gasteiger partial charge in [0.05, 0.1) is 6.42 Å². The van der Waals surface area contributed by atoms with E-state index < -0.39 is 12.1 Å². The van der Waals surface area contributed by atoms with Gasteiger partial charge in [0.1, 0.15) is 11.5 Å². The van der Waals surface area contributed by atoms with E-state index in [1.807, 2.05) is 38.1 Å². The number of carbonyl (C=O) groups excluding carboxylic acids is 3. The Labute approximate surface area is 199 Å². The third-order valence-electron chi connectivity index (χ3n) is 5.26. The zero-order valence-electron chi connectivity index (χ0n) is 19.7. The van der Waals surface area contributed by atoms with E-state index in [1.165, 1.54) is 0 Å². The molecule has 0 spiro atoms. The fourth-order valence-electron chi connectivity index (χ4n) is 3.32. The van der Waals surface area contributed by atoms with Crippen LogP contribution < -0.4 is 10.1 Å². The Morgan fingerprint density at radius 2 is 1.59 bits per heavy atom. The predicted molar refractivity (Wildman–Crippen MR) is 131 cm³/mol. The van der Waals surface area contributed by atoms with Crippen molar-refractivity contribution in [1.82, 2.24) is 0 Å². The van der Waals surface area contributed by atoms with Gasteiger partial charge in [-0.2, -0.15) is 0 Å². The second-order valence-electron chi connectivity index (χ2n) is 8.06. The topological polar surface area (TPSA) is 81.7 Å². The highest BCUT2D eigenvalue weighted by atomic mass is 16.5. The molecule has 1 atom stereocenters. The highest BCUT2D eigenvalue weighted by molar-refractivity contribution is 6.00. The summed E-state index contributed by atoms with van der Waals surface area (Å²) >= 11 is 0. The Balaban J connectivity index is 1.47. The maximum atomic E-state index is 12.5. The predicted octanol–water partition coefficient (Wildman–Crippen LogP) is 6.02. The molecule has 1 amide bonds. The fraction of sp³-hybridized carbons (Fsp3) is 0.250. The van der Waals surface area contributed by atoms with Crippen LogP contribution in [0, 0.1) is 13.8 Å². The molecule has 0 radical (unpaired) electrons. The van der Waals surface area contributed by atoms with Crippen LogP contribution in [0.5, 0.6) is 11.5 Å². The molecule has 0 bridgehead atoms. The molecule has 176 valence electrons. The monoisotopic (exact) mass is 459 g/mol. The van der Waals surface area contributed by atoms with Gasteiger partial charge in [0.25, 0.3) is 0 Å². The minimum atomic E-state index is -0.859. The van der Waals surface area contributed by atoms with Crippen LogP contribution in [0.3, 0.4) is 0 Å². The molecule has 6 nitrogen and oxygen atoms in total. The molecule has 3 aromatic rings. The van der Waals surface area contributed by atoms with Crippen LogP contribution in [0.25, 0.3) is 0 Å². The third-order valence-corrected chi connectivity index (χ3v) is 5.26. The SMILES string of the molecule is CCC(OC(=O)CCC(=O)Nc1ccc(Oc2cc(C)ccc2C)cc1)C(=O)c1ccccc1. The summed E-state index contributed by atoms with van der Waals surface area (Å²) in [6.45, 7) is 5.76. The molecule has 1 N–H and O–H groups in total. The first-order chi connectivity index (χ1) is 16.4. The number of amides is 1. The molecule has 0 aliphatic heterocycles. The first kappa shape index (κ1) is 24.7. The number of aryl methyl sites for hydroxylation is 2. The molecule has 0 fully saturated rings. The van der Waals surface area contributed by atoms with Gasteiger partial charge in [-0.15, -0.1) is 0 Å². The van der Waals surface area contributed by atoms with Crippen LogP contribution in [0.15, 0.2) is 72.8 Å². The van der Waals surface area contributed by atoms with Crippen LogP contribution >= 0.6 is 0 Å². The number of benzene rings is 3. The van der Waals surface area contributed by atoms with Crippen molar-refractivity contribution < 1.29 is 23.9 Å². The number of nitrogens with one attached hydrogen (secondary N) is 1. The lowest BCUT2D eigenvalue weighted by Crippen LogP contribution is -2.27. The van der Waals surface area contributed by atoms with E-state index in [4.69, 9.17) is 9.47 Å². The first-order valence-corrected chi connectivity index (χ1v) is 11.3. The Kier molecular flexibility index (Phi) is 8.57. The normalized spacial score (nSPS) is 11.4. The maximum absolute atomic E-state index is 12.5. The molecule has 0 saturated heterocycles. The number of ketones is 1. The van der Waals surface area contributed by atoms with Gasteiger partial charge in [-0.25, -0.2) is 0 Å². The number of ether oxygens (including phenoxy) is 2. The standard InChI is InChI=1S/C28H29NO5/c1-4-24(28(32)21-8-6-5-7-9-21)34-27(31)17-16-26(30)29-22-12-14-23(15-13-22)33-25-18-19(2)10-11-20(25)3/h5-15,18,24H,4,16-17H2,1-3H3,(H,29,30). The number of rotatable bonds is 10. The maximum Gasteiger partial charge on any atom is 0.307 e. The van der Waals surface area contributed by atoms with Gasteiger partial charge in [0.15, 0.2) is 6.10 Å². The second kappa shape index (κ2) is 11.8. The van der Waals surface area contributed by atoms with Crippen molar-refractivity contribution in [3.8, 4) is 11.5 Å². The van der Waals surface area contributed by atoms with Crippen LogP contribution in [-0.4, -0.2) is 23.8 Å². The summed E-state index contributed by atoms with van der Waals surface area (Å²) in [4.78, 5) is 37.0. The fourth-order valence-corrected chi connectivity index (χ4v) is 3.32. The van der Waals surface area contributed by atoms with E-state index in [1.54, 1.807) is 55.5 Å². The summed E-state index contributed by atoms with van der Waals surface area (Å²) in [6, 6.07) is 21.7. The molecule has 3 aromatic carbocycles. The van der Waals surface area contributed by atoms with Gasteiger partial charge < -0.3 is 14.8 Å². The molecule has 34 heavy (non-hydrogen) atoms. The molecule has 6 heteroatoms. The third kappa shape index (κ3) is 7.04. The Morgan fingerprint density at radius 1 is 0.882 bits per heavy atom. The summed E-state index contributed by atoms with van der Waals surface area (Å²) in [6.07, 6.45) is -0.654. The van der Waals surface area contributed by atoms with Gasteiger partial charge >= 0.3 is 5.97 Å². The van der Waals surface area contributed by atoms with E-state index in [0.717, 1.165) is 16.9 Å². The highest BCUT2D eigenvalue weighted by Gasteiger charge is 2.22. The zero-order valence-corrected chi connectivity index (χ0v) is 19.7. The average molecular weight is 460 g/mol. The van der Waals surface area contributed by atoms with Crippen molar-refractivity contribution >= 4 is 23.3 Å². The van der Waals surface area contributed by atoms with E-state index in [0.29, 0.717) is 23.4 Å². The minimum absolute atomic E-state index is 0.0461. The van der Waals surface area contributed by atoms with Crippen molar-refractivity contribution in [2.75, 3.05) is 5.32 Å². The van der Waals surface area contributed by atoms with Crippen molar-refractivity contribution in [3.05, 3.63) is 89.5 Å². The summed E-state index contributed by atoms with van der Waals surface area (Å²) < 4.78 is 11.2. The second-order valence-corrected chi connectivity index (χ2v) is 8.06. The lowest BCUT2D eigenvalue weighted by atomic mass is 10.0. The van der Waals surface area contributed by atoms with Crippen LogP contribution in [0.2, 0.25) is 0 Å². The van der Waals surface area contributed by atoms with Crippen molar-refractivity contribution in [2.45, 2.75) is 46.1 Å². The van der Waals surface area contributed by atoms with E-state index in [-0.39, 0.29) is 24.5 Å². The van der Waals surface area contributed by atoms with Gasteiger partial charge in [0.2, 0.25) is 11.7 Å². The van der Waals surface area contributed by atoms with Gasteiger partial charge in [-0.1, -0.05) is 49.4 Å². The Hall–Kier alpha value is -3.93. The largest absolute Gasteiger partial charge is 0.457 e. The molecule has 0 aromatic heterocycles. The minimum Gasteiger partial charge on any atom is -0.457 e. The van der Waals surface area contributed by atoms with Crippen molar-refractivity contribution in [2.24, 2.45) is 0 Å². The molecular weight excluding hydrogens is 430 g/mol. The van der Waals surface area contributed by atoms with Gasteiger partial charge in [0, 0.05) is 17.7 Å². The Bertz CT molecular complexity index is 1140. The molecule has 0 aliphatic rings. The summed E-state index contributed by atoms with van der Waals surface area (Å²) in [7, 11) is 0. The molecule has 3 rings (SSSR count). The number of anilines is 1. The highest BCUT2D eigenvalue weighted by Crippen LogP contribution is 2.27. The first-order valence-electron chi connectivity index (χ1n) is 11.3. The van der Waals surface area contributed by atoms with Crippen LogP contribution in [0.1, 0.15) is 47.7 Å². The summed E-state index contributed by atoms with van der Waals surface area (Å²) in [5, 5.41) is 2.76. The smallest absolute Gasteiger partial charge is 0.307 e. The van der Waals surface area contributed by atoms with Gasteiger partial charge in [-0.3, -0.25) is 14.4 Å². The van der Waals surface area contributed by atoms with E-state index >= 15 is 0 Å². The van der Waals surface area contributed by atoms with Crippen molar-refractivity contribution in [3.63, 3.8) is 0 Å². The average Bonchev–Trinajstić information content (AvgIpc) is 2.85. The number of esters is 1. The lowest BCUT2D eigenvalue weighted by Gasteiger charge is -2.15. The van der Waals surface area contributed by atoms with E-state index in [2.05, 4.69) is 5.32 Å². The number of hydrogen-bond acceptors (Lipinski definition) is 5. The molecule has 0 aliphatic carbocycles. The quantitative estimate of drug-likeness (QED) is 0.296. The number of carbonyl (C=O) groups is 3. The van der Waals surface area contributed by atoms with Crippen LogP contribution in [-0.2, 0) is 14.3 Å². The molecular formula is C28H29NO5. The summed E-state index contributed by atoms with van der Waals surface area (Å²) in [5.41, 5.74) is 3.23.